The third kappa shape index (κ3) is 5.13. The number of benzene rings is 2. The smallest absolute Gasteiger partial charge is 0.226 e. The number of thiocarbonyl (C=S) groups is 1. The van der Waals surface area contributed by atoms with Crippen molar-refractivity contribution in [3.05, 3.63) is 113 Å². The quantitative estimate of drug-likeness (QED) is 0.309. The largest absolute Gasteiger partial charge is 0.352 e. The molecule has 0 aliphatic carbocycles. The predicted octanol–water partition coefficient (Wildman–Crippen LogP) is 5.80. The van der Waals surface area contributed by atoms with Crippen LogP contribution in [0.5, 0.6) is 0 Å². The maximum absolute atomic E-state index is 12.8. The molecule has 0 spiro atoms. The number of hydrogen-bond donors (Lipinski definition) is 2. The summed E-state index contributed by atoms with van der Waals surface area (Å²) in [5.74, 6) is -0.0424. The molecule has 2 aromatic heterocycles. The number of para-hydroxylation sites is 1. The molecule has 6 nitrogen and oxygen atoms in total. The van der Waals surface area contributed by atoms with Gasteiger partial charge in [-0.1, -0.05) is 42.0 Å². The Morgan fingerprint density at radius 1 is 1.00 bits per heavy atom. The Hall–Kier alpha value is -3.97. The van der Waals surface area contributed by atoms with Crippen molar-refractivity contribution in [1.29, 1.82) is 0 Å². The molecule has 7 heteroatoms. The highest BCUT2D eigenvalue weighted by Gasteiger charge is 2.41. The number of hydrogen-bond acceptors (Lipinski definition) is 3. The number of rotatable bonds is 7. The van der Waals surface area contributed by atoms with Crippen LogP contribution in [-0.4, -0.2) is 32.0 Å². The number of pyridine rings is 1. The molecule has 1 fully saturated rings. The maximum Gasteiger partial charge on any atom is 0.226 e. The summed E-state index contributed by atoms with van der Waals surface area (Å²) in [5.41, 5.74) is 7.54. The second kappa shape index (κ2) is 10.6. The SMILES string of the molecule is Cc1ccc(-n2c(C)cc([C@H]3[C@H](c4ccccn4)NC(=S)N3CCC(=O)Nc3ccccc3)c2C)cc1. The van der Waals surface area contributed by atoms with Gasteiger partial charge in [-0.15, -0.1) is 0 Å². The number of anilines is 1. The van der Waals surface area contributed by atoms with Gasteiger partial charge in [0.1, 0.15) is 0 Å². The maximum atomic E-state index is 12.8. The molecule has 1 saturated heterocycles. The fourth-order valence-electron chi connectivity index (χ4n) is 5.13. The van der Waals surface area contributed by atoms with Crippen LogP contribution >= 0.6 is 12.2 Å². The Kier molecular flexibility index (Phi) is 7.06. The van der Waals surface area contributed by atoms with E-state index in [0.717, 1.165) is 28.5 Å². The van der Waals surface area contributed by atoms with E-state index in [1.165, 1.54) is 11.1 Å². The fraction of sp³-hybridized carbons (Fsp3) is 0.233. The molecule has 3 heterocycles. The van der Waals surface area contributed by atoms with Crippen molar-refractivity contribution >= 4 is 28.9 Å². The van der Waals surface area contributed by atoms with Crippen molar-refractivity contribution in [2.75, 3.05) is 11.9 Å². The standard InChI is InChI=1S/C30H31N5OS/c1-20-12-14-24(15-13-20)35-21(2)19-25(22(35)3)29-28(26-11-7-8-17-31-26)33-30(37)34(29)18-16-27(36)32-23-9-5-4-6-10-23/h4-15,17,19,28-29H,16,18H2,1-3H3,(H,32,36)(H,33,37)/t28-,29-/m0/s1. The van der Waals surface area contributed by atoms with Crippen molar-refractivity contribution in [3.63, 3.8) is 0 Å². The van der Waals surface area contributed by atoms with Crippen LogP contribution in [0.1, 0.15) is 46.7 Å². The molecule has 4 aromatic rings. The van der Waals surface area contributed by atoms with E-state index in [-0.39, 0.29) is 18.0 Å². The predicted molar refractivity (Wildman–Crippen MR) is 152 cm³/mol. The zero-order valence-corrected chi connectivity index (χ0v) is 22.1. The van der Waals surface area contributed by atoms with Crippen LogP contribution in [0.25, 0.3) is 5.69 Å². The first-order chi connectivity index (χ1) is 17.9. The fourth-order valence-corrected chi connectivity index (χ4v) is 5.46. The zero-order chi connectivity index (χ0) is 25.9. The molecular weight excluding hydrogens is 478 g/mol. The first-order valence-corrected chi connectivity index (χ1v) is 12.9. The van der Waals surface area contributed by atoms with Gasteiger partial charge in [0, 0.05) is 41.9 Å². The summed E-state index contributed by atoms with van der Waals surface area (Å²) in [6.07, 6.45) is 2.13. The Balaban J connectivity index is 1.47. The highest BCUT2D eigenvalue weighted by atomic mass is 32.1. The van der Waals surface area contributed by atoms with Crippen molar-refractivity contribution in [2.45, 2.75) is 39.3 Å². The molecule has 1 aliphatic rings. The molecule has 0 bridgehead atoms. The normalized spacial score (nSPS) is 17.1. The van der Waals surface area contributed by atoms with Crippen LogP contribution in [0.3, 0.4) is 0 Å². The Bertz CT molecular complexity index is 1400. The van der Waals surface area contributed by atoms with E-state index in [1.807, 2.05) is 54.7 Å². The first kappa shape index (κ1) is 24.7. The van der Waals surface area contributed by atoms with Gasteiger partial charge in [0.25, 0.3) is 0 Å². The third-order valence-corrected chi connectivity index (χ3v) is 7.27. The minimum Gasteiger partial charge on any atom is -0.352 e. The summed E-state index contributed by atoms with van der Waals surface area (Å²) in [7, 11) is 0. The van der Waals surface area contributed by atoms with Crippen LogP contribution < -0.4 is 10.6 Å². The molecule has 188 valence electrons. The Labute approximate surface area is 223 Å². The van der Waals surface area contributed by atoms with E-state index >= 15 is 0 Å². The highest BCUT2D eigenvalue weighted by molar-refractivity contribution is 7.80. The minimum atomic E-state index is -0.127. The summed E-state index contributed by atoms with van der Waals surface area (Å²) in [5, 5.41) is 7.12. The molecule has 37 heavy (non-hydrogen) atoms. The molecular formula is C30H31N5OS. The van der Waals surface area contributed by atoms with E-state index in [9.17, 15) is 4.79 Å². The van der Waals surface area contributed by atoms with Crippen LogP contribution in [0, 0.1) is 20.8 Å². The zero-order valence-electron chi connectivity index (χ0n) is 21.3. The summed E-state index contributed by atoms with van der Waals surface area (Å²) in [4.78, 5) is 19.6. The van der Waals surface area contributed by atoms with Gasteiger partial charge in [-0.25, -0.2) is 0 Å². The van der Waals surface area contributed by atoms with Gasteiger partial charge >= 0.3 is 0 Å². The van der Waals surface area contributed by atoms with Crippen LogP contribution in [0.15, 0.2) is 85.1 Å². The summed E-state index contributed by atoms with van der Waals surface area (Å²) < 4.78 is 2.28. The van der Waals surface area contributed by atoms with Crippen molar-refractivity contribution in [2.24, 2.45) is 0 Å². The van der Waals surface area contributed by atoms with Crippen molar-refractivity contribution < 1.29 is 4.79 Å². The van der Waals surface area contributed by atoms with Gasteiger partial charge in [-0.2, -0.15) is 0 Å². The van der Waals surface area contributed by atoms with E-state index in [2.05, 4.69) is 76.2 Å². The second-order valence-electron chi connectivity index (χ2n) is 9.48. The van der Waals surface area contributed by atoms with Gasteiger partial charge < -0.3 is 20.1 Å². The number of nitrogens with zero attached hydrogens (tertiary/aromatic N) is 3. The lowest BCUT2D eigenvalue weighted by Crippen LogP contribution is -2.32. The number of carbonyl (C=O) groups is 1. The van der Waals surface area contributed by atoms with E-state index < -0.39 is 0 Å². The topological polar surface area (TPSA) is 62.2 Å². The molecule has 2 atom stereocenters. The van der Waals surface area contributed by atoms with Crippen LogP contribution in [0.2, 0.25) is 0 Å². The summed E-state index contributed by atoms with van der Waals surface area (Å²) >= 11 is 5.82. The number of aryl methyl sites for hydroxylation is 2. The van der Waals surface area contributed by atoms with Gasteiger partial charge in [-0.05, 0) is 81.0 Å². The second-order valence-corrected chi connectivity index (χ2v) is 9.87. The summed E-state index contributed by atoms with van der Waals surface area (Å²) in [6, 6.07) is 26.0. The average Bonchev–Trinajstić information content (AvgIpc) is 3.39. The lowest BCUT2D eigenvalue weighted by Gasteiger charge is -2.28. The molecule has 1 aliphatic heterocycles. The molecule has 1 amide bonds. The molecule has 0 radical (unpaired) electrons. The molecule has 2 N–H and O–H groups in total. The average molecular weight is 510 g/mol. The Morgan fingerprint density at radius 3 is 2.43 bits per heavy atom. The minimum absolute atomic E-state index is 0.0424. The van der Waals surface area contributed by atoms with E-state index in [1.54, 1.807) is 0 Å². The van der Waals surface area contributed by atoms with Crippen molar-refractivity contribution in [3.8, 4) is 5.69 Å². The van der Waals surface area contributed by atoms with Crippen LogP contribution in [-0.2, 0) is 4.79 Å². The lowest BCUT2D eigenvalue weighted by atomic mass is 9.96. The van der Waals surface area contributed by atoms with Gasteiger partial charge in [0.2, 0.25) is 5.91 Å². The first-order valence-electron chi connectivity index (χ1n) is 12.5. The van der Waals surface area contributed by atoms with Gasteiger partial charge in [0.15, 0.2) is 5.11 Å². The number of aromatic nitrogens is 2. The number of amides is 1. The molecule has 2 aromatic carbocycles. The third-order valence-electron chi connectivity index (χ3n) is 6.92. The number of nitrogens with one attached hydrogen (secondary N) is 2. The monoisotopic (exact) mass is 509 g/mol. The van der Waals surface area contributed by atoms with Crippen molar-refractivity contribution in [1.82, 2.24) is 19.8 Å². The molecule has 0 unspecified atom stereocenters. The lowest BCUT2D eigenvalue weighted by molar-refractivity contribution is -0.116. The van der Waals surface area contributed by atoms with E-state index in [0.29, 0.717) is 18.1 Å². The van der Waals surface area contributed by atoms with Crippen LogP contribution in [0.4, 0.5) is 5.69 Å². The number of carbonyl (C=O) groups excluding carboxylic acids is 1. The van der Waals surface area contributed by atoms with Gasteiger partial charge in [-0.3, -0.25) is 9.78 Å². The molecule has 0 saturated carbocycles. The summed E-state index contributed by atoms with van der Waals surface area (Å²) in [6.45, 7) is 6.87. The molecule has 5 rings (SSSR count). The van der Waals surface area contributed by atoms with Gasteiger partial charge in [0.05, 0.1) is 17.8 Å². The van der Waals surface area contributed by atoms with E-state index in [4.69, 9.17) is 12.2 Å². The highest BCUT2D eigenvalue weighted by Crippen LogP contribution is 2.41. The Morgan fingerprint density at radius 2 is 1.73 bits per heavy atom.